The van der Waals surface area contributed by atoms with Gasteiger partial charge in [0.25, 0.3) is 0 Å². The standard InChI is InChI=1S/C12H23N3O3/c1-3-7(2)10(13)11(16)15-8-4-5-14-9(6-8)12(17)18/h7-10,14H,3-6,13H2,1-2H3,(H,15,16)(H,17,18). The van der Waals surface area contributed by atoms with Crippen molar-refractivity contribution in [2.24, 2.45) is 11.7 Å². The summed E-state index contributed by atoms with van der Waals surface area (Å²) in [5.74, 6) is -0.928. The first-order chi connectivity index (χ1) is 8.45. The molecule has 1 aliphatic rings. The monoisotopic (exact) mass is 257 g/mol. The molecule has 5 N–H and O–H groups in total. The Labute approximate surface area is 107 Å². The number of rotatable bonds is 5. The van der Waals surface area contributed by atoms with Crippen molar-refractivity contribution in [1.82, 2.24) is 10.6 Å². The van der Waals surface area contributed by atoms with Gasteiger partial charge in [-0.1, -0.05) is 20.3 Å². The Balaban J connectivity index is 2.46. The third-order valence-corrected chi connectivity index (χ3v) is 3.61. The highest BCUT2D eigenvalue weighted by molar-refractivity contribution is 5.82. The number of piperidine rings is 1. The highest BCUT2D eigenvalue weighted by Gasteiger charge is 2.29. The molecule has 1 rings (SSSR count). The molecule has 0 bridgehead atoms. The first-order valence-corrected chi connectivity index (χ1v) is 6.47. The van der Waals surface area contributed by atoms with Crippen LogP contribution in [0.25, 0.3) is 0 Å². The minimum absolute atomic E-state index is 0.102. The first-order valence-electron chi connectivity index (χ1n) is 6.47. The second kappa shape index (κ2) is 6.70. The predicted octanol–water partition coefficient (Wildman–Crippen LogP) is -0.319. The molecule has 18 heavy (non-hydrogen) atoms. The van der Waals surface area contributed by atoms with E-state index in [1.807, 2.05) is 13.8 Å². The molecule has 1 fully saturated rings. The number of amides is 1. The number of carboxylic acid groups (broad SMARTS) is 1. The lowest BCUT2D eigenvalue weighted by Crippen LogP contribution is -2.54. The molecule has 6 heteroatoms. The summed E-state index contributed by atoms with van der Waals surface area (Å²) in [4.78, 5) is 22.8. The van der Waals surface area contributed by atoms with Gasteiger partial charge < -0.3 is 21.5 Å². The number of hydrogen-bond acceptors (Lipinski definition) is 4. The summed E-state index contributed by atoms with van der Waals surface area (Å²) in [5, 5.41) is 14.7. The number of nitrogens with one attached hydrogen (secondary N) is 2. The minimum atomic E-state index is -0.875. The van der Waals surface area contributed by atoms with E-state index < -0.39 is 18.1 Å². The van der Waals surface area contributed by atoms with Crippen molar-refractivity contribution < 1.29 is 14.7 Å². The zero-order valence-electron chi connectivity index (χ0n) is 11.0. The van der Waals surface area contributed by atoms with Crippen LogP contribution < -0.4 is 16.4 Å². The molecule has 0 spiro atoms. The van der Waals surface area contributed by atoms with E-state index in [0.717, 1.165) is 12.8 Å². The van der Waals surface area contributed by atoms with E-state index in [1.165, 1.54) is 0 Å². The van der Waals surface area contributed by atoms with Crippen molar-refractivity contribution in [3.63, 3.8) is 0 Å². The van der Waals surface area contributed by atoms with Gasteiger partial charge in [-0.15, -0.1) is 0 Å². The maximum Gasteiger partial charge on any atom is 0.320 e. The molecule has 0 aromatic rings. The van der Waals surface area contributed by atoms with Crippen molar-refractivity contribution in [3.8, 4) is 0 Å². The van der Waals surface area contributed by atoms with Crippen LogP contribution in [0.4, 0.5) is 0 Å². The van der Waals surface area contributed by atoms with Gasteiger partial charge in [0.2, 0.25) is 5.91 Å². The van der Waals surface area contributed by atoms with Crippen molar-refractivity contribution in [2.45, 2.75) is 51.2 Å². The van der Waals surface area contributed by atoms with Crippen LogP contribution in [0.1, 0.15) is 33.1 Å². The van der Waals surface area contributed by atoms with Crippen LogP contribution >= 0.6 is 0 Å². The van der Waals surface area contributed by atoms with E-state index in [1.54, 1.807) is 0 Å². The van der Waals surface area contributed by atoms with Crippen molar-refractivity contribution in [1.29, 1.82) is 0 Å². The minimum Gasteiger partial charge on any atom is -0.480 e. The second-order valence-electron chi connectivity index (χ2n) is 4.99. The number of hydrogen-bond donors (Lipinski definition) is 4. The Morgan fingerprint density at radius 1 is 1.56 bits per heavy atom. The summed E-state index contributed by atoms with van der Waals surface area (Å²) >= 11 is 0. The molecule has 104 valence electrons. The van der Waals surface area contributed by atoms with Gasteiger partial charge in [0.1, 0.15) is 6.04 Å². The Morgan fingerprint density at radius 2 is 2.22 bits per heavy atom. The third-order valence-electron chi connectivity index (χ3n) is 3.61. The fraction of sp³-hybridized carbons (Fsp3) is 0.833. The molecule has 6 nitrogen and oxygen atoms in total. The fourth-order valence-corrected chi connectivity index (χ4v) is 2.05. The molecular formula is C12H23N3O3. The topological polar surface area (TPSA) is 104 Å². The summed E-state index contributed by atoms with van der Waals surface area (Å²) in [6, 6.07) is -1.20. The van der Waals surface area contributed by atoms with Crippen LogP contribution in [0.2, 0.25) is 0 Å². The van der Waals surface area contributed by atoms with E-state index in [9.17, 15) is 9.59 Å². The van der Waals surface area contributed by atoms with E-state index >= 15 is 0 Å². The van der Waals surface area contributed by atoms with Gasteiger partial charge in [0, 0.05) is 6.04 Å². The van der Waals surface area contributed by atoms with Crippen LogP contribution in [-0.2, 0) is 9.59 Å². The highest BCUT2D eigenvalue weighted by Crippen LogP contribution is 2.11. The summed E-state index contributed by atoms with van der Waals surface area (Å²) < 4.78 is 0. The quantitative estimate of drug-likeness (QED) is 0.540. The fourth-order valence-electron chi connectivity index (χ4n) is 2.05. The number of carbonyl (C=O) groups excluding carboxylic acids is 1. The Bertz CT molecular complexity index is 309. The van der Waals surface area contributed by atoms with Gasteiger partial charge >= 0.3 is 5.97 Å². The normalized spacial score (nSPS) is 27.3. The molecule has 1 amide bonds. The average Bonchev–Trinajstić information content (AvgIpc) is 2.37. The van der Waals surface area contributed by atoms with Gasteiger partial charge in [-0.3, -0.25) is 9.59 Å². The van der Waals surface area contributed by atoms with Gasteiger partial charge in [0.15, 0.2) is 0 Å². The van der Waals surface area contributed by atoms with Crippen LogP contribution in [0.5, 0.6) is 0 Å². The molecule has 1 saturated heterocycles. The van der Waals surface area contributed by atoms with E-state index in [2.05, 4.69) is 10.6 Å². The molecule has 0 saturated carbocycles. The largest absolute Gasteiger partial charge is 0.480 e. The number of carboxylic acids is 1. The number of carbonyl (C=O) groups is 2. The zero-order chi connectivity index (χ0) is 13.7. The lowest BCUT2D eigenvalue weighted by atomic mass is 9.96. The van der Waals surface area contributed by atoms with Crippen LogP contribution in [-0.4, -0.2) is 41.7 Å². The third kappa shape index (κ3) is 3.96. The molecule has 1 aliphatic heterocycles. The van der Waals surface area contributed by atoms with Crippen LogP contribution in [0.3, 0.4) is 0 Å². The molecule has 1 heterocycles. The molecule has 0 aliphatic carbocycles. The Hall–Kier alpha value is -1.14. The Kier molecular flexibility index (Phi) is 5.55. The smallest absolute Gasteiger partial charge is 0.320 e. The van der Waals surface area contributed by atoms with E-state index in [-0.39, 0.29) is 17.9 Å². The summed E-state index contributed by atoms with van der Waals surface area (Å²) in [6.45, 7) is 4.52. The Morgan fingerprint density at radius 3 is 2.78 bits per heavy atom. The molecule has 0 aromatic carbocycles. The van der Waals surface area contributed by atoms with Crippen LogP contribution in [0, 0.1) is 5.92 Å². The van der Waals surface area contributed by atoms with Gasteiger partial charge in [-0.05, 0) is 25.3 Å². The maximum atomic E-state index is 11.9. The zero-order valence-corrected chi connectivity index (χ0v) is 11.0. The highest BCUT2D eigenvalue weighted by atomic mass is 16.4. The van der Waals surface area contributed by atoms with Gasteiger partial charge in [0.05, 0.1) is 6.04 Å². The van der Waals surface area contributed by atoms with E-state index in [0.29, 0.717) is 13.0 Å². The second-order valence-corrected chi connectivity index (χ2v) is 4.99. The first kappa shape index (κ1) is 14.9. The van der Waals surface area contributed by atoms with Crippen molar-refractivity contribution in [3.05, 3.63) is 0 Å². The van der Waals surface area contributed by atoms with Crippen molar-refractivity contribution in [2.75, 3.05) is 6.54 Å². The molecule has 0 radical (unpaired) electrons. The number of nitrogens with two attached hydrogens (primary N) is 1. The lowest BCUT2D eigenvalue weighted by Gasteiger charge is -2.30. The summed E-state index contributed by atoms with van der Waals surface area (Å²) in [7, 11) is 0. The molecule has 4 atom stereocenters. The summed E-state index contributed by atoms with van der Waals surface area (Å²) in [5.41, 5.74) is 5.84. The number of aliphatic carboxylic acids is 1. The molecular weight excluding hydrogens is 234 g/mol. The average molecular weight is 257 g/mol. The van der Waals surface area contributed by atoms with Crippen molar-refractivity contribution >= 4 is 11.9 Å². The maximum absolute atomic E-state index is 11.9. The predicted molar refractivity (Wildman–Crippen MR) is 68.0 cm³/mol. The van der Waals surface area contributed by atoms with Gasteiger partial charge in [-0.2, -0.15) is 0 Å². The SMILES string of the molecule is CCC(C)C(N)C(=O)NC1CCNC(C(=O)O)C1. The van der Waals surface area contributed by atoms with Gasteiger partial charge in [-0.25, -0.2) is 0 Å². The lowest BCUT2D eigenvalue weighted by molar-refractivity contribution is -0.140. The summed E-state index contributed by atoms with van der Waals surface area (Å²) in [6.07, 6.45) is 2.00. The van der Waals surface area contributed by atoms with E-state index in [4.69, 9.17) is 10.8 Å². The van der Waals surface area contributed by atoms with Crippen LogP contribution in [0.15, 0.2) is 0 Å². The molecule has 0 aromatic heterocycles. The molecule has 4 unspecified atom stereocenters.